The second-order valence-electron chi connectivity index (χ2n) is 3.60. The molecule has 1 aromatic rings. The van der Waals surface area contributed by atoms with Gasteiger partial charge >= 0.3 is 5.97 Å². The van der Waals surface area contributed by atoms with Crippen LogP contribution in [0.15, 0.2) is 41.8 Å². The van der Waals surface area contributed by atoms with Crippen molar-refractivity contribution < 1.29 is 14.3 Å². The number of ketones is 1. The molecule has 0 aliphatic heterocycles. The van der Waals surface area contributed by atoms with Gasteiger partial charge in [-0.3, -0.25) is 4.79 Å². The highest BCUT2D eigenvalue weighted by Crippen LogP contribution is 2.29. The first-order valence-electron chi connectivity index (χ1n) is 5.57. The van der Waals surface area contributed by atoms with Crippen molar-refractivity contribution in [1.29, 1.82) is 0 Å². The number of hydrogen-bond donors (Lipinski definition) is 0. The number of thiophene rings is 1. The van der Waals surface area contributed by atoms with Crippen molar-refractivity contribution in [3.63, 3.8) is 0 Å². The molecule has 0 radical (unpaired) electrons. The van der Waals surface area contributed by atoms with Gasteiger partial charge in [0.1, 0.15) is 0 Å². The van der Waals surface area contributed by atoms with Crippen molar-refractivity contribution >= 4 is 23.1 Å². The molecule has 0 aromatic carbocycles. The van der Waals surface area contributed by atoms with E-state index in [0.717, 1.165) is 0 Å². The summed E-state index contributed by atoms with van der Waals surface area (Å²) in [6.45, 7) is 1.90. The Morgan fingerprint density at radius 2 is 1.72 bits per heavy atom. The van der Waals surface area contributed by atoms with Gasteiger partial charge in [-0.25, -0.2) is 4.79 Å². The molecular formula is C14H12O3S. The van der Waals surface area contributed by atoms with E-state index in [0.29, 0.717) is 4.88 Å². The summed E-state index contributed by atoms with van der Waals surface area (Å²) in [6, 6.07) is 11.8. The number of benzene rings is 1. The maximum absolute atomic E-state index is 11.1. The van der Waals surface area contributed by atoms with Crippen LogP contribution in [0.25, 0.3) is 11.1 Å². The second-order valence-corrected chi connectivity index (χ2v) is 4.55. The molecule has 3 nitrogen and oxygen atoms in total. The predicted octanol–water partition coefficient (Wildman–Crippen LogP) is 3.16. The van der Waals surface area contributed by atoms with Gasteiger partial charge in [0.05, 0.1) is 11.5 Å². The maximum atomic E-state index is 11.1. The van der Waals surface area contributed by atoms with Crippen LogP contribution >= 0.6 is 11.3 Å². The van der Waals surface area contributed by atoms with Gasteiger partial charge in [0.2, 0.25) is 0 Å². The molecule has 0 fully saturated rings. The summed E-state index contributed by atoms with van der Waals surface area (Å²) >= 11 is 1.23. The normalized spacial score (nSPS) is 10.1. The third-order valence-corrected chi connectivity index (χ3v) is 3.29. The first-order valence-corrected chi connectivity index (χ1v) is 6.45. The molecule has 3 rings (SSSR count). The summed E-state index contributed by atoms with van der Waals surface area (Å²) in [5, 5.41) is 1.74. The minimum Gasteiger partial charge on any atom is -0.460 e. The third-order valence-electron chi connectivity index (χ3n) is 2.42. The minimum absolute atomic E-state index is 0.232. The Hall–Kier alpha value is -1.94. The van der Waals surface area contributed by atoms with Crippen LogP contribution < -0.4 is 0 Å². The van der Waals surface area contributed by atoms with E-state index in [1.165, 1.54) is 22.5 Å². The van der Waals surface area contributed by atoms with Crippen molar-refractivity contribution in [3.05, 3.63) is 46.7 Å². The number of fused-ring (bicyclic) bond motifs is 1. The lowest BCUT2D eigenvalue weighted by molar-refractivity contribution is -0.137. The number of esters is 1. The Labute approximate surface area is 109 Å². The zero-order valence-corrected chi connectivity index (χ0v) is 10.7. The molecule has 0 spiro atoms. The van der Waals surface area contributed by atoms with Gasteiger partial charge in [-0.1, -0.05) is 30.3 Å². The number of carbonyl (C=O) groups excluding carboxylic acids is 2. The van der Waals surface area contributed by atoms with E-state index in [4.69, 9.17) is 0 Å². The third kappa shape index (κ3) is 2.65. The van der Waals surface area contributed by atoms with E-state index in [1.54, 1.807) is 24.4 Å². The molecule has 0 atom stereocenters. The Morgan fingerprint density at radius 3 is 2.06 bits per heavy atom. The van der Waals surface area contributed by atoms with E-state index in [-0.39, 0.29) is 6.61 Å². The van der Waals surface area contributed by atoms with E-state index < -0.39 is 11.8 Å². The largest absolute Gasteiger partial charge is 0.460 e. The van der Waals surface area contributed by atoms with Gasteiger partial charge in [0.25, 0.3) is 5.78 Å². The Balaban J connectivity index is 0.000000164. The molecule has 0 unspecified atom stereocenters. The standard InChI is InChI=1S/C8H8O3S.C6H4/c1-2-11-8(10)7(9)6-4-3-5-12-6;1-2-6-4-3-5(1)6/h3-5H,2H2,1H3;1-4H. The van der Waals surface area contributed by atoms with Crippen LogP contribution in [0.5, 0.6) is 0 Å². The number of Topliss-reactive ketones (excluding diaryl/α,β-unsaturated/α-hetero) is 1. The summed E-state index contributed by atoms with van der Waals surface area (Å²) in [5.74, 6) is -1.34. The van der Waals surface area contributed by atoms with E-state index in [2.05, 4.69) is 29.0 Å². The molecule has 2 aliphatic carbocycles. The molecule has 1 heterocycles. The fourth-order valence-corrected chi connectivity index (χ4v) is 2.02. The summed E-state index contributed by atoms with van der Waals surface area (Å²) < 4.78 is 4.55. The molecule has 4 heteroatoms. The summed E-state index contributed by atoms with van der Waals surface area (Å²) in [5.41, 5.74) is 2.85. The highest BCUT2D eigenvalue weighted by atomic mass is 32.1. The molecule has 92 valence electrons. The summed E-state index contributed by atoms with van der Waals surface area (Å²) in [6.07, 6.45) is 0. The van der Waals surface area contributed by atoms with Gasteiger partial charge in [-0.2, -0.15) is 0 Å². The fourth-order valence-electron chi connectivity index (χ4n) is 1.37. The van der Waals surface area contributed by atoms with Crippen LogP contribution in [-0.4, -0.2) is 18.4 Å². The average molecular weight is 260 g/mol. The molecule has 0 saturated carbocycles. The Kier molecular flexibility index (Phi) is 3.89. The predicted molar refractivity (Wildman–Crippen MR) is 70.7 cm³/mol. The van der Waals surface area contributed by atoms with E-state index >= 15 is 0 Å². The second kappa shape index (κ2) is 5.60. The maximum Gasteiger partial charge on any atom is 0.380 e. The molecule has 0 bridgehead atoms. The highest BCUT2D eigenvalue weighted by molar-refractivity contribution is 7.12. The highest BCUT2D eigenvalue weighted by Gasteiger charge is 2.17. The summed E-state index contributed by atoms with van der Waals surface area (Å²) in [4.78, 5) is 22.4. The van der Waals surface area contributed by atoms with Crippen LogP contribution in [-0.2, 0) is 9.53 Å². The van der Waals surface area contributed by atoms with Crippen molar-refractivity contribution in [1.82, 2.24) is 0 Å². The van der Waals surface area contributed by atoms with Crippen molar-refractivity contribution in [2.75, 3.05) is 6.61 Å². The van der Waals surface area contributed by atoms with Gasteiger partial charge in [-0.05, 0) is 29.5 Å². The number of hydrogen-bond acceptors (Lipinski definition) is 4. The first kappa shape index (κ1) is 12.5. The molecule has 18 heavy (non-hydrogen) atoms. The van der Waals surface area contributed by atoms with Gasteiger partial charge in [0.15, 0.2) is 0 Å². The van der Waals surface area contributed by atoms with Gasteiger partial charge in [-0.15, -0.1) is 11.3 Å². The van der Waals surface area contributed by atoms with Crippen LogP contribution in [0.3, 0.4) is 0 Å². The first-order chi connectivity index (χ1) is 8.72. The number of ether oxygens (including phenoxy) is 1. The lowest BCUT2D eigenvalue weighted by atomic mass is 9.95. The molecule has 2 aliphatic rings. The Morgan fingerprint density at radius 1 is 1.11 bits per heavy atom. The van der Waals surface area contributed by atoms with Crippen LogP contribution in [0, 0.1) is 0 Å². The van der Waals surface area contributed by atoms with Crippen LogP contribution in [0.4, 0.5) is 0 Å². The van der Waals surface area contributed by atoms with Crippen LogP contribution in [0.1, 0.15) is 16.6 Å². The van der Waals surface area contributed by atoms with Crippen LogP contribution in [0.2, 0.25) is 0 Å². The summed E-state index contributed by atoms with van der Waals surface area (Å²) in [7, 11) is 0. The topological polar surface area (TPSA) is 43.4 Å². The smallest absolute Gasteiger partial charge is 0.380 e. The number of carbonyl (C=O) groups is 2. The Bertz CT molecular complexity index is 520. The quantitative estimate of drug-likeness (QED) is 0.413. The average Bonchev–Trinajstić information content (AvgIpc) is 2.87. The fraction of sp³-hybridized carbons (Fsp3) is 0.143. The van der Waals surface area contributed by atoms with Crippen molar-refractivity contribution in [3.8, 4) is 11.1 Å². The molecule has 1 aromatic heterocycles. The van der Waals surface area contributed by atoms with Crippen molar-refractivity contribution in [2.45, 2.75) is 6.92 Å². The van der Waals surface area contributed by atoms with E-state index in [1.807, 2.05) is 0 Å². The lowest BCUT2D eigenvalue weighted by Crippen LogP contribution is -2.16. The van der Waals surface area contributed by atoms with Crippen molar-refractivity contribution in [2.24, 2.45) is 0 Å². The molecular weight excluding hydrogens is 248 g/mol. The zero-order valence-electron chi connectivity index (χ0n) is 9.88. The molecule has 0 saturated heterocycles. The minimum atomic E-state index is -0.778. The monoisotopic (exact) mass is 260 g/mol. The van der Waals surface area contributed by atoms with Gasteiger partial charge < -0.3 is 4.74 Å². The zero-order chi connectivity index (χ0) is 13.0. The van der Waals surface area contributed by atoms with Gasteiger partial charge in [0, 0.05) is 0 Å². The SMILES string of the molecule is CCOC(=O)C(=O)c1cccs1.c1cc2ccc1-2. The number of rotatable bonds is 3. The lowest BCUT2D eigenvalue weighted by Gasteiger charge is -2.10. The van der Waals surface area contributed by atoms with E-state index in [9.17, 15) is 9.59 Å². The molecule has 0 N–H and O–H groups in total. The molecule has 0 amide bonds.